The predicted octanol–water partition coefficient (Wildman–Crippen LogP) is 28.3. The van der Waals surface area contributed by atoms with Crippen molar-refractivity contribution in [1.82, 2.24) is 0 Å². The fraction of sp³-hybridized carbons (Fsp3) is 0.890. The molecule has 0 atom stereocenters. The van der Waals surface area contributed by atoms with Crippen LogP contribution in [0.15, 0.2) is 24.8 Å². The molecule has 0 radical (unpaired) electrons. The third-order valence-corrected chi connectivity index (χ3v) is 13.8. The summed E-state index contributed by atoms with van der Waals surface area (Å²) in [6.07, 6.45) is 25.4. The Morgan fingerprint density at radius 3 is 0.886 bits per heavy atom. The summed E-state index contributed by atoms with van der Waals surface area (Å²) in [5.74, 6) is 15.5. The van der Waals surface area contributed by atoms with E-state index in [1.165, 1.54) is 108 Å². The summed E-state index contributed by atoms with van der Waals surface area (Å²) in [4.78, 5) is 0. The fourth-order valence-electron chi connectivity index (χ4n) is 3.90. The van der Waals surface area contributed by atoms with Gasteiger partial charge in [0.25, 0.3) is 0 Å². The molecule has 6 heteroatoms. The second-order valence-electron chi connectivity index (χ2n) is 26.3. The topological polar surface area (TPSA) is 0 Å². The lowest BCUT2D eigenvalue weighted by Crippen LogP contribution is -2.15. The van der Waals surface area contributed by atoms with E-state index in [0.717, 1.165) is 99.7 Å². The first kappa shape index (κ1) is 99.2. The third kappa shape index (κ3) is 138. The second-order valence-corrected chi connectivity index (χ2v) is 26.3. The number of hydrogen-bond donors (Lipinski definition) is 0. The SMILES string of the molecule is C#CCC.C=C(C)CC.C=CCC.CC#CCC.CC(C)C(C)(C)C.CC(C)C(C)C.CC(C)C(F)(F)F.CC(C)C1CC1.CC1CCCC1.CC1CCCCC1.CCC(C)(C)C.CCC(C)C.CCC(F)(F)F.CCC1CC1. The number of terminal acetylenes is 1. The molecule has 0 N–H and O–H groups in total. The third-order valence-electron chi connectivity index (χ3n) is 13.8. The first-order chi connectivity index (χ1) is 36.0. The second kappa shape index (κ2) is 67.0. The molecular weight excluding hydrogens is 991 g/mol. The molecular formula is C73H148F6. The van der Waals surface area contributed by atoms with E-state index in [9.17, 15) is 26.3 Å². The van der Waals surface area contributed by atoms with E-state index >= 15 is 0 Å². The first-order valence-electron chi connectivity index (χ1n) is 32.2. The van der Waals surface area contributed by atoms with Gasteiger partial charge >= 0.3 is 12.4 Å². The first-order valence-corrected chi connectivity index (χ1v) is 32.2. The zero-order valence-electron chi connectivity index (χ0n) is 59.5. The van der Waals surface area contributed by atoms with Crippen LogP contribution < -0.4 is 0 Å². The van der Waals surface area contributed by atoms with Crippen molar-refractivity contribution in [3.8, 4) is 24.2 Å². The van der Waals surface area contributed by atoms with Crippen LogP contribution in [0, 0.1) is 94.2 Å². The van der Waals surface area contributed by atoms with Crippen LogP contribution in [0.1, 0.15) is 343 Å². The average Bonchev–Trinajstić information content (AvgIpc) is 4.31. The zero-order chi connectivity index (χ0) is 65.0. The van der Waals surface area contributed by atoms with Crippen molar-refractivity contribution in [2.45, 2.75) is 355 Å². The van der Waals surface area contributed by atoms with Crippen molar-refractivity contribution in [3.05, 3.63) is 24.8 Å². The molecule has 0 aromatic rings. The molecule has 0 spiro atoms. The minimum Gasteiger partial charge on any atom is -0.171 e. The van der Waals surface area contributed by atoms with E-state index < -0.39 is 24.7 Å². The van der Waals surface area contributed by atoms with Crippen LogP contribution in [0.2, 0.25) is 0 Å². The van der Waals surface area contributed by atoms with Gasteiger partial charge in [-0.25, -0.2) is 0 Å². The van der Waals surface area contributed by atoms with Gasteiger partial charge in [0.15, 0.2) is 0 Å². The maximum Gasteiger partial charge on any atom is 0.391 e. The number of allylic oxidation sites excluding steroid dienone is 2. The Balaban J connectivity index is -0.0000000814. The maximum absolute atomic E-state index is 11.2. The molecule has 4 fully saturated rings. The molecule has 79 heavy (non-hydrogen) atoms. The lowest BCUT2D eigenvalue weighted by Gasteiger charge is -2.22. The van der Waals surface area contributed by atoms with Crippen LogP contribution in [-0.4, -0.2) is 12.4 Å². The van der Waals surface area contributed by atoms with E-state index in [-0.39, 0.29) is 0 Å². The summed E-state index contributed by atoms with van der Waals surface area (Å²) < 4.78 is 65.9. The molecule has 0 unspecified atom stereocenters. The lowest BCUT2D eigenvalue weighted by molar-refractivity contribution is -0.164. The molecule has 0 aliphatic heterocycles. The normalized spacial score (nSPS) is 14.3. The van der Waals surface area contributed by atoms with Gasteiger partial charge in [0.05, 0.1) is 0 Å². The van der Waals surface area contributed by atoms with Gasteiger partial charge in [0, 0.05) is 25.2 Å². The van der Waals surface area contributed by atoms with Crippen LogP contribution in [-0.2, 0) is 0 Å². The van der Waals surface area contributed by atoms with E-state index in [4.69, 9.17) is 6.42 Å². The van der Waals surface area contributed by atoms with Crippen molar-refractivity contribution < 1.29 is 26.3 Å². The van der Waals surface area contributed by atoms with E-state index in [1.807, 2.05) is 33.8 Å². The summed E-state index contributed by atoms with van der Waals surface area (Å²) in [6.45, 7) is 69.9. The molecule has 4 rings (SSSR count). The van der Waals surface area contributed by atoms with Crippen LogP contribution in [0.4, 0.5) is 26.3 Å². The van der Waals surface area contributed by atoms with Crippen molar-refractivity contribution in [3.63, 3.8) is 0 Å². The molecule has 0 nitrogen and oxygen atoms in total. The van der Waals surface area contributed by atoms with Gasteiger partial charge in [0.1, 0.15) is 0 Å². The van der Waals surface area contributed by atoms with Gasteiger partial charge in [-0.2, -0.15) is 26.3 Å². The fourth-order valence-corrected chi connectivity index (χ4v) is 3.90. The largest absolute Gasteiger partial charge is 0.391 e. The highest BCUT2D eigenvalue weighted by Crippen LogP contribution is 2.36. The van der Waals surface area contributed by atoms with Gasteiger partial charge in [-0.1, -0.05) is 295 Å². The van der Waals surface area contributed by atoms with Crippen molar-refractivity contribution >= 4 is 0 Å². The summed E-state index contributed by atoms with van der Waals surface area (Å²) in [5.41, 5.74) is 2.30. The Hall–Kier alpha value is -1.82. The van der Waals surface area contributed by atoms with Crippen LogP contribution in [0.25, 0.3) is 0 Å². The Morgan fingerprint density at radius 2 is 0.861 bits per heavy atom. The molecule has 0 heterocycles. The van der Waals surface area contributed by atoms with Gasteiger partial charge < -0.3 is 0 Å². The molecule has 4 saturated carbocycles. The van der Waals surface area contributed by atoms with Crippen LogP contribution in [0.5, 0.6) is 0 Å². The molecule has 4 aliphatic rings. The molecule has 0 amide bonds. The van der Waals surface area contributed by atoms with Gasteiger partial charge in [-0.05, 0) is 104 Å². The van der Waals surface area contributed by atoms with Gasteiger partial charge in [-0.15, -0.1) is 37.3 Å². The van der Waals surface area contributed by atoms with E-state index in [1.54, 1.807) is 0 Å². The van der Waals surface area contributed by atoms with Gasteiger partial charge in [-0.3, -0.25) is 0 Å². The predicted molar refractivity (Wildman–Crippen MR) is 355 cm³/mol. The Morgan fingerprint density at radius 1 is 0.582 bits per heavy atom. The van der Waals surface area contributed by atoms with Crippen molar-refractivity contribution in [2.24, 2.45) is 70.0 Å². The summed E-state index contributed by atoms with van der Waals surface area (Å²) in [5, 5.41) is 0. The number of halogens is 6. The van der Waals surface area contributed by atoms with Gasteiger partial charge in [0.2, 0.25) is 0 Å². The standard InChI is InChI=1S/C7H14.C7H16.2C6H12.2C6H14.C5H10.C5H12.C5H10.C5H8.C4H7F3.C4H8.C4H6.C3H5F3/c1-7-5-3-2-4-6-7;1-6(2)7(3,4)5;1-5(2)6-3-4-6;1-6-4-2-3-5-6;1-5-6(2,3)4;1-5(2)6(3)4;1-2-5-3-4-5;2*1-4-5(2)3;1-3-5-4-2;1-3(2)4(5,6)7;2*1-3-4-2;1-2-3(4,5)6/h7H,2-6H2,1H3;6H,1-5H3;5-6H,3-4H2,1-2H3;6H,2-5H2,1H3;5H2,1-4H3;5-6H,1-4H3;5H,2-4H2,1H3;5H,4H2,1-3H3;2,4H2,1,3H3;3H2,1-2H3;3H,1-2H3;3H,1,4H2,2H3;1H,4H2,2H3;2H2,1H3. The van der Waals surface area contributed by atoms with Crippen molar-refractivity contribution in [1.29, 1.82) is 0 Å². The Labute approximate surface area is 498 Å². The minimum absolute atomic E-state index is 0.500. The highest BCUT2D eigenvalue weighted by atomic mass is 19.4. The molecule has 0 aromatic carbocycles. The van der Waals surface area contributed by atoms with Crippen molar-refractivity contribution in [2.75, 3.05) is 0 Å². The number of hydrogen-bond acceptors (Lipinski definition) is 0. The smallest absolute Gasteiger partial charge is 0.171 e. The highest BCUT2D eigenvalue weighted by Gasteiger charge is 2.31. The number of alkyl halides is 6. The quantitative estimate of drug-likeness (QED) is 0.141. The highest BCUT2D eigenvalue weighted by molar-refractivity contribution is 4.93. The molecule has 0 aromatic heterocycles. The van der Waals surface area contributed by atoms with E-state index in [2.05, 4.69) is 190 Å². The molecule has 4 aliphatic carbocycles. The van der Waals surface area contributed by atoms with Crippen LogP contribution in [0.3, 0.4) is 0 Å². The minimum atomic E-state index is -4.00. The molecule has 0 saturated heterocycles. The Bertz CT molecular complexity index is 1200. The summed E-state index contributed by atoms with van der Waals surface area (Å²) in [6, 6.07) is 0. The summed E-state index contributed by atoms with van der Waals surface area (Å²) in [7, 11) is 0. The average molecular weight is 1140 g/mol. The maximum atomic E-state index is 11.2. The molecule has 482 valence electrons. The molecule has 0 bridgehead atoms. The van der Waals surface area contributed by atoms with Crippen LogP contribution >= 0.6 is 0 Å². The Kier molecular flexibility index (Phi) is 84.1. The van der Waals surface area contributed by atoms with E-state index in [0.29, 0.717) is 10.8 Å². The zero-order valence-corrected chi connectivity index (χ0v) is 59.5. The number of rotatable bonds is 6. The lowest BCUT2D eigenvalue weighted by atomic mass is 9.84. The monoisotopic (exact) mass is 1140 g/mol. The summed E-state index contributed by atoms with van der Waals surface area (Å²) >= 11 is 0.